The van der Waals surface area contributed by atoms with Crippen molar-refractivity contribution >= 4 is 10.0 Å². The van der Waals surface area contributed by atoms with E-state index in [-0.39, 0.29) is 18.0 Å². The van der Waals surface area contributed by atoms with Crippen molar-refractivity contribution < 1.29 is 12.8 Å². The first-order valence-electron chi connectivity index (χ1n) is 5.01. The number of aromatic nitrogens is 1. The lowest BCUT2D eigenvalue weighted by Crippen LogP contribution is -2.22. The predicted octanol–water partition coefficient (Wildman–Crippen LogP) is 0.545. The van der Waals surface area contributed by atoms with Gasteiger partial charge in [0.05, 0.1) is 17.7 Å². The van der Waals surface area contributed by atoms with Crippen LogP contribution in [0.5, 0.6) is 0 Å². The van der Waals surface area contributed by atoms with Crippen LogP contribution in [-0.4, -0.2) is 13.4 Å². The van der Waals surface area contributed by atoms with Crippen molar-refractivity contribution in [1.29, 1.82) is 0 Å². The summed E-state index contributed by atoms with van der Waals surface area (Å²) < 4.78 is 31.2. The van der Waals surface area contributed by atoms with Crippen LogP contribution >= 0.6 is 0 Å². The van der Waals surface area contributed by atoms with Crippen molar-refractivity contribution in [2.75, 3.05) is 0 Å². The Morgan fingerprint density at radius 1 is 1.47 bits per heavy atom. The molecule has 0 radical (unpaired) electrons. The van der Waals surface area contributed by atoms with Gasteiger partial charge in [-0.2, -0.15) is 0 Å². The Bertz CT molecular complexity index is 572. The van der Waals surface area contributed by atoms with E-state index in [1.54, 1.807) is 12.1 Å². The predicted molar refractivity (Wildman–Crippen MR) is 61.4 cm³/mol. The number of nitrogens with two attached hydrogens (primary N) is 1. The Hall–Kier alpha value is -1.57. The zero-order chi connectivity index (χ0) is 12.3. The zero-order valence-electron chi connectivity index (χ0n) is 9.01. The van der Waals surface area contributed by atoms with Crippen LogP contribution in [0.15, 0.2) is 40.0 Å². The normalized spacial score (nSPS) is 11.8. The van der Waals surface area contributed by atoms with E-state index in [4.69, 9.17) is 10.2 Å². The van der Waals surface area contributed by atoms with Crippen LogP contribution in [0.2, 0.25) is 0 Å². The van der Waals surface area contributed by atoms with Crippen LogP contribution in [0.1, 0.15) is 11.5 Å². The highest BCUT2D eigenvalue weighted by atomic mass is 32.2. The van der Waals surface area contributed by atoms with Crippen LogP contribution in [0, 0.1) is 0 Å². The molecule has 6 nitrogen and oxygen atoms in total. The van der Waals surface area contributed by atoms with Crippen molar-refractivity contribution in [3.8, 4) is 0 Å². The first-order chi connectivity index (χ1) is 8.12. The molecule has 2 rings (SSSR count). The third-order valence-electron chi connectivity index (χ3n) is 2.26. The second kappa shape index (κ2) is 4.74. The number of hydrogen-bond donors (Lipinski definition) is 3. The molecule has 0 saturated heterocycles. The fourth-order valence-corrected chi connectivity index (χ4v) is 2.36. The molecular formula is C10H13N3O3S. The van der Waals surface area contributed by atoms with Gasteiger partial charge in [0.2, 0.25) is 10.0 Å². The molecule has 0 saturated carbocycles. The third-order valence-corrected chi connectivity index (χ3v) is 3.64. The Labute approximate surface area is 98.9 Å². The third kappa shape index (κ3) is 2.76. The zero-order valence-corrected chi connectivity index (χ0v) is 9.83. The summed E-state index contributed by atoms with van der Waals surface area (Å²) in [6.45, 7) is 0.395. The summed E-state index contributed by atoms with van der Waals surface area (Å²) in [5, 5.41) is 0. The van der Waals surface area contributed by atoms with Crippen molar-refractivity contribution in [3.63, 3.8) is 0 Å². The quantitative estimate of drug-likeness (QED) is 0.726. The highest BCUT2D eigenvalue weighted by Gasteiger charge is 2.15. The molecule has 7 heteroatoms. The molecule has 0 amide bonds. The molecule has 0 spiro atoms. The summed E-state index contributed by atoms with van der Waals surface area (Å²) in [5.74, 6) is 0.558. The topological polar surface area (TPSA) is 101 Å². The molecule has 0 aliphatic rings. The fraction of sp³-hybridized carbons (Fsp3) is 0.200. The molecule has 92 valence electrons. The Morgan fingerprint density at radius 2 is 2.29 bits per heavy atom. The second-order valence-electron chi connectivity index (χ2n) is 3.47. The van der Waals surface area contributed by atoms with Gasteiger partial charge < -0.3 is 15.1 Å². The Balaban J connectivity index is 2.08. The summed E-state index contributed by atoms with van der Waals surface area (Å²) in [6.07, 6.45) is 2.90. The lowest BCUT2D eigenvalue weighted by molar-refractivity contribution is 0.498. The highest BCUT2D eigenvalue weighted by Crippen LogP contribution is 2.11. The number of furan rings is 1. The molecule has 4 N–H and O–H groups in total. The molecule has 0 unspecified atom stereocenters. The van der Waals surface area contributed by atoms with Crippen molar-refractivity contribution in [2.45, 2.75) is 18.0 Å². The number of sulfonamides is 1. The molecule has 2 aromatic rings. The first-order valence-corrected chi connectivity index (χ1v) is 6.49. The van der Waals surface area contributed by atoms with E-state index in [0.29, 0.717) is 11.5 Å². The highest BCUT2D eigenvalue weighted by molar-refractivity contribution is 7.89. The van der Waals surface area contributed by atoms with Crippen LogP contribution in [-0.2, 0) is 23.1 Å². The first kappa shape index (κ1) is 11.9. The van der Waals surface area contributed by atoms with Gasteiger partial charge in [-0.15, -0.1) is 0 Å². The van der Waals surface area contributed by atoms with Gasteiger partial charge in [-0.25, -0.2) is 13.1 Å². The van der Waals surface area contributed by atoms with Crippen molar-refractivity contribution in [3.05, 3.63) is 42.1 Å². The monoisotopic (exact) mass is 255 g/mol. The summed E-state index contributed by atoms with van der Waals surface area (Å²) >= 11 is 0. The lowest BCUT2D eigenvalue weighted by Gasteiger charge is -2.02. The maximum Gasteiger partial charge on any atom is 0.242 e. The average Bonchev–Trinajstić information content (AvgIpc) is 2.98. The minimum Gasteiger partial charge on any atom is -0.468 e. The van der Waals surface area contributed by atoms with Gasteiger partial charge >= 0.3 is 0 Å². The van der Waals surface area contributed by atoms with E-state index < -0.39 is 10.0 Å². The number of nitrogens with one attached hydrogen (secondary N) is 2. The minimum absolute atomic E-state index is 0.123. The number of aromatic amines is 1. The molecule has 0 aliphatic carbocycles. The molecule has 2 heterocycles. The van der Waals surface area contributed by atoms with Gasteiger partial charge in [0, 0.05) is 18.4 Å². The van der Waals surface area contributed by atoms with E-state index in [1.807, 2.05) is 0 Å². The summed E-state index contributed by atoms with van der Waals surface area (Å²) in [6, 6.07) is 4.90. The maximum atomic E-state index is 11.8. The number of rotatable bonds is 5. The van der Waals surface area contributed by atoms with Gasteiger partial charge in [-0.05, 0) is 18.2 Å². The van der Waals surface area contributed by atoms with Crippen molar-refractivity contribution in [2.24, 2.45) is 5.73 Å². The van der Waals surface area contributed by atoms with Crippen LogP contribution in [0.3, 0.4) is 0 Å². The van der Waals surface area contributed by atoms with Crippen LogP contribution in [0.25, 0.3) is 0 Å². The van der Waals surface area contributed by atoms with Gasteiger partial charge in [0.25, 0.3) is 0 Å². The molecule has 0 bridgehead atoms. The molecule has 0 fully saturated rings. The smallest absolute Gasteiger partial charge is 0.242 e. The van der Waals surface area contributed by atoms with Gasteiger partial charge in [0.1, 0.15) is 5.76 Å². The van der Waals surface area contributed by atoms with Crippen molar-refractivity contribution in [1.82, 2.24) is 9.71 Å². The summed E-state index contributed by atoms with van der Waals surface area (Å²) in [7, 11) is -3.52. The van der Waals surface area contributed by atoms with Gasteiger partial charge in [0.15, 0.2) is 0 Å². The summed E-state index contributed by atoms with van der Waals surface area (Å²) in [4.78, 5) is 2.96. The Kier molecular flexibility index (Phi) is 3.32. The SMILES string of the molecule is NCc1cc(S(=O)(=O)NCc2ccco2)c[nH]1. The standard InChI is InChI=1S/C10H13N3O3S/c11-5-8-4-10(7-12-8)17(14,15)13-6-9-2-1-3-16-9/h1-4,7,12-13H,5-6,11H2. The maximum absolute atomic E-state index is 11.8. The largest absolute Gasteiger partial charge is 0.468 e. The number of hydrogen-bond acceptors (Lipinski definition) is 4. The Morgan fingerprint density at radius 3 is 2.88 bits per heavy atom. The van der Waals surface area contributed by atoms with E-state index in [9.17, 15) is 8.42 Å². The fourth-order valence-electron chi connectivity index (χ4n) is 1.35. The number of H-pyrrole nitrogens is 1. The molecule has 0 atom stereocenters. The van der Waals surface area contributed by atoms with Crippen LogP contribution < -0.4 is 10.5 Å². The molecule has 17 heavy (non-hydrogen) atoms. The molecule has 0 aromatic carbocycles. The molecule has 0 aliphatic heterocycles. The van der Waals surface area contributed by atoms with E-state index in [0.717, 1.165) is 0 Å². The second-order valence-corrected chi connectivity index (χ2v) is 5.24. The molecule has 2 aromatic heterocycles. The van der Waals surface area contributed by atoms with E-state index in [1.165, 1.54) is 18.5 Å². The lowest BCUT2D eigenvalue weighted by atomic mass is 10.4. The molecular weight excluding hydrogens is 242 g/mol. The van der Waals surface area contributed by atoms with E-state index >= 15 is 0 Å². The van der Waals surface area contributed by atoms with E-state index in [2.05, 4.69) is 9.71 Å². The van der Waals surface area contributed by atoms with Crippen LogP contribution in [0.4, 0.5) is 0 Å². The minimum atomic E-state index is -3.52. The summed E-state index contributed by atoms with van der Waals surface area (Å²) in [5.41, 5.74) is 6.07. The van der Waals surface area contributed by atoms with Gasteiger partial charge in [-0.3, -0.25) is 0 Å². The average molecular weight is 255 g/mol. The van der Waals surface area contributed by atoms with Gasteiger partial charge in [-0.1, -0.05) is 0 Å².